The Balaban J connectivity index is 4.74. The van der Waals surface area contributed by atoms with Crippen molar-refractivity contribution in [2.75, 3.05) is 6.61 Å². The smallest absolute Gasteiger partial charge is 0.240 e. The molecule has 4 heteroatoms. The van der Waals surface area contributed by atoms with E-state index in [2.05, 4.69) is 11.4 Å². The van der Waals surface area contributed by atoms with Crippen LogP contribution in [0.1, 0.15) is 47.0 Å². The molecule has 0 aromatic carbocycles. The third kappa shape index (κ3) is 3.49. The Morgan fingerprint density at radius 3 is 2.19 bits per heavy atom. The van der Waals surface area contributed by atoms with E-state index in [1.807, 2.05) is 27.7 Å². The predicted molar refractivity (Wildman–Crippen MR) is 62.6 cm³/mol. The second-order valence-electron chi connectivity index (χ2n) is 4.71. The van der Waals surface area contributed by atoms with Gasteiger partial charge in [-0.2, -0.15) is 5.26 Å². The molecule has 0 aromatic heterocycles. The standard InChI is InChI=1S/C12H22N2O2/c1-5-12(6-2,9-13)10(16)14-11(3,4)7-8-15/h15H,5-8H2,1-4H3,(H,14,16). The number of nitrogens with zero attached hydrogens (tertiary/aromatic N) is 1. The van der Waals surface area contributed by atoms with Gasteiger partial charge in [0.05, 0.1) is 6.07 Å². The normalized spacial score (nSPS) is 12.0. The Morgan fingerprint density at radius 2 is 1.88 bits per heavy atom. The van der Waals surface area contributed by atoms with E-state index >= 15 is 0 Å². The molecule has 0 rings (SSSR count). The fourth-order valence-electron chi connectivity index (χ4n) is 1.55. The fourth-order valence-corrected chi connectivity index (χ4v) is 1.55. The highest BCUT2D eigenvalue weighted by Gasteiger charge is 2.37. The molecule has 2 N–H and O–H groups in total. The lowest BCUT2D eigenvalue weighted by Crippen LogP contribution is -2.50. The van der Waals surface area contributed by atoms with Gasteiger partial charge in [-0.1, -0.05) is 13.8 Å². The summed E-state index contributed by atoms with van der Waals surface area (Å²) < 4.78 is 0. The summed E-state index contributed by atoms with van der Waals surface area (Å²) in [6.07, 6.45) is 1.48. The molecule has 0 bridgehead atoms. The maximum atomic E-state index is 12.0. The van der Waals surface area contributed by atoms with Crippen LogP contribution in [0.3, 0.4) is 0 Å². The number of carbonyl (C=O) groups excluding carboxylic acids is 1. The monoisotopic (exact) mass is 226 g/mol. The van der Waals surface area contributed by atoms with Crippen molar-refractivity contribution in [1.29, 1.82) is 5.26 Å². The van der Waals surface area contributed by atoms with Crippen molar-refractivity contribution in [2.24, 2.45) is 5.41 Å². The Labute approximate surface area is 97.7 Å². The Bertz CT molecular complexity index is 275. The highest BCUT2D eigenvalue weighted by Crippen LogP contribution is 2.26. The average Bonchev–Trinajstić information content (AvgIpc) is 2.20. The molecule has 0 heterocycles. The van der Waals surface area contributed by atoms with Crippen LogP contribution in [0.15, 0.2) is 0 Å². The highest BCUT2D eigenvalue weighted by atomic mass is 16.3. The van der Waals surface area contributed by atoms with Crippen LogP contribution < -0.4 is 5.32 Å². The van der Waals surface area contributed by atoms with E-state index < -0.39 is 11.0 Å². The van der Waals surface area contributed by atoms with Crippen LogP contribution in [0.25, 0.3) is 0 Å². The molecule has 4 nitrogen and oxygen atoms in total. The first kappa shape index (κ1) is 14.9. The third-order valence-corrected chi connectivity index (χ3v) is 3.04. The molecule has 0 atom stereocenters. The summed E-state index contributed by atoms with van der Waals surface area (Å²) >= 11 is 0. The average molecular weight is 226 g/mol. The van der Waals surface area contributed by atoms with Crippen LogP contribution in [0, 0.1) is 16.7 Å². The van der Waals surface area contributed by atoms with Crippen LogP contribution >= 0.6 is 0 Å². The van der Waals surface area contributed by atoms with E-state index in [0.29, 0.717) is 19.3 Å². The van der Waals surface area contributed by atoms with Crippen molar-refractivity contribution in [3.8, 4) is 6.07 Å². The van der Waals surface area contributed by atoms with Crippen LogP contribution in [0.5, 0.6) is 0 Å². The van der Waals surface area contributed by atoms with Crippen molar-refractivity contribution in [2.45, 2.75) is 52.5 Å². The topological polar surface area (TPSA) is 73.1 Å². The molecular weight excluding hydrogens is 204 g/mol. The van der Waals surface area contributed by atoms with Crippen LogP contribution in [-0.2, 0) is 4.79 Å². The Hall–Kier alpha value is -1.08. The summed E-state index contributed by atoms with van der Waals surface area (Å²) in [6, 6.07) is 2.10. The van der Waals surface area contributed by atoms with Crippen molar-refractivity contribution in [1.82, 2.24) is 5.32 Å². The van der Waals surface area contributed by atoms with Gasteiger partial charge in [0, 0.05) is 12.1 Å². The molecule has 92 valence electrons. The number of nitrogens with one attached hydrogen (secondary N) is 1. The first-order chi connectivity index (χ1) is 7.37. The number of rotatable bonds is 6. The zero-order valence-corrected chi connectivity index (χ0v) is 10.6. The third-order valence-electron chi connectivity index (χ3n) is 3.04. The SMILES string of the molecule is CCC(C#N)(CC)C(=O)NC(C)(C)CCO. The summed E-state index contributed by atoms with van der Waals surface area (Å²) in [5, 5.41) is 20.8. The van der Waals surface area contributed by atoms with E-state index in [-0.39, 0.29) is 12.5 Å². The van der Waals surface area contributed by atoms with E-state index in [1.165, 1.54) is 0 Å². The Morgan fingerprint density at radius 1 is 1.38 bits per heavy atom. The molecule has 0 fully saturated rings. The van der Waals surface area contributed by atoms with Crippen molar-refractivity contribution in [3.05, 3.63) is 0 Å². The summed E-state index contributed by atoms with van der Waals surface area (Å²) in [4.78, 5) is 12.0. The van der Waals surface area contributed by atoms with Gasteiger partial charge in [-0.15, -0.1) is 0 Å². The van der Waals surface area contributed by atoms with E-state index in [1.54, 1.807) is 0 Å². The summed E-state index contributed by atoms with van der Waals surface area (Å²) in [5.41, 5.74) is -1.41. The van der Waals surface area contributed by atoms with E-state index in [0.717, 1.165) is 0 Å². The largest absolute Gasteiger partial charge is 0.396 e. The van der Waals surface area contributed by atoms with Crippen molar-refractivity contribution >= 4 is 5.91 Å². The molecule has 16 heavy (non-hydrogen) atoms. The molecule has 0 saturated carbocycles. The van der Waals surface area contributed by atoms with Gasteiger partial charge in [-0.3, -0.25) is 4.79 Å². The maximum Gasteiger partial charge on any atom is 0.240 e. The van der Waals surface area contributed by atoms with Gasteiger partial charge in [-0.05, 0) is 33.1 Å². The second kappa shape index (κ2) is 5.86. The lowest BCUT2D eigenvalue weighted by molar-refractivity contribution is -0.130. The first-order valence-electron chi connectivity index (χ1n) is 5.72. The fraction of sp³-hybridized carbons (Fsp3) is 0.833. The lowest BCUT2D eigenvalue weighted by Gasteiger charge is -2.31. The molecule has 0 aliphatic rings. The van der Waals surface area contributed by atoms with Crippen LogP contribution in [0.2, 0.25) is 0 Å². The molecule has 0 aliphatic heterocycles. The van der Waals surface area contributed by atoms with E-state index in [9.17, 15) is 4.79 Å². The molecule has 0 saturated heterocycles. The number of hydrogen-bond acceptors (Lipinski definition) is 3. The molecular formula is C12H22N2O2. The predicted octanol–water partition coefficient (Wildman–Crippen LogP) is 1.59. The van der Waals surface area contributed by atoms with Crippen LogP contribution in [0.4, 0.5) is 0 Å². The van der Waals surface area contributed by atoms with Gasteiger partial charge in [0.1, 0.15) is 5.41 Å². The number of carbonyl (C=O) groups is 1. The second-order valence-corrected chi connectivity index (χ2v) is 4.71. The molecule has 0 unspecified atom stereocenters. The van der Waals surface area contributed by atoms with Gasteiger partial charge < -0.3 is 10.4 Å². The Kier molecular flexibility index (Phi) is 5.46. The minimum atomic E-state index is -0.938. The lowest BCUT2D eigenvalue weighted by atomic mass is 9.82. The van der Waals surface area contributed by atoms with Gasteiger partial charge in [0.15, 0.2) is 0 Å². The number of hydrogen-bond donors (Lipinski definition) is 2. The van der Waals surface area contributed by atoms with Crippen molar-refractivity contribution in [3.63, 3.8) is 0 Å². The summed E-state index contributed by atoms with van der Waals surface area (Å²) in [7, 11) is 0. The van der Waals surface area contributed by atoms with Gasteiger partial charge in [-0.25, -0.2) is 0 Å². The zero-order chi connectivity index (χ0) is 12.8. The number of aliphatic hydroxyl groups is 1. The molecule has 0 aromatic rings. The van der Waals surface area contributed by atoms with Gasteiger partial charge in [0.2, 0.25) is 5.91 Å². The number of nitriles is 1. The van der Waals surface area contributed by atoms with Crippen molar-refractivity contribution < 1.29 is 9.90 Å². The molecule has 1 amide bonds. The first-order valence-corrected chi connectivity index (χ1v) is 5.72. The maximum absolute atomic E-state index is 12.0. The highest BCUT2D eigenvalue weighted by molar-refractivity contribution is 5.85. The summed E-state index contributed by atoms with van der Waals surface area (Å²) in [5.74, 6) is -0.238. The molecule has 0 spiro atoms. The van der Waals surface area contributed by atoms with Crippen LogP contribution in [-0.4, -0.2) is 23.2 Å². The minimum Gasteiger partial charge on any atom is -0.396 e. The quantitative estimate of drug-likeness (QED) is 0.722. The minimum absolute atomic E-state index is 0.0189. The number of amides is 1. The summed E-state index contributed by atoms with van der Waals surface area (Å²) in [6.45, 7) is 7.38. The zero-order valence-electron chi connectivity index (χ0n) is 10.6. The molecule has 0 aliphatic carbocycles. The van der Waals surface area contributed by atoms with Gasteiger partial charge >= 0.3 is 0 Å². The van der Waals surface area contributed by atoms with Gasteiger partial charge in [0.25, 0.3) is 0 Å². The van der Waals surface area contributed by atoms with E-state index in [4.69, 9.17) is 10.4 Å². The molecule has 0 radical (unpaired) electrons. The number of aliphatic hydroxyl groups excluding tert-OH is 1.